The Morgan fingerprint density at radius 2 is 2.04 bits per heavy atom. The molecule has 0 aliphatic carbocycles. The number of thioether (sulfide) groups is 1. The van der Waals surface area contributed by atoms with Gasteiger partial charge in [-0.1, -0.05) is 23.9 Å². The molecule has 3 rings (SSSR count). The van der Waals surface area contributed by atoms with E-state index in [1.807, 2.05) is 0 Å². The average molecular weight is 385 g/mol. The van der Waals surface area contributed by atoms with Gasteiger partial charge in [0.2, 0.25) is 5.91 Å². The first-order valence-electron chi connectivity index (χ1n) is 7.63. The summed E-state index contributed by atoms with van der Waals surface area (Å²) in [6.45, 7) is 0.417. The average Bonchev–Trinajstić information content (AvgIpc) is 2.60. The standard InChI is InChI=1S/C16H14F3N3O3S/c17-16(18,19)25-12-3-1-10(2-4-12)7-21-14(24)11-8-22-13(23)5-6-20-15(22)26-9-11/h1-6,11H,7-9H2,(H,21,24)/t11-/m1/s1. The number of aromatic nitrogens is 2. The third-order valence-corrected chi connectivity index (χ3v) is 4.86. The summed E-state index contributed by atoms with van der Waals surface area (Å²) in [4.78, 5) is 28.2. The fourth-order valence-corrected chi connectivity index (χ4v) is 3.51. The van der Waals surface area contributed by atoms with Gasteiger partial charge in [0.1, 0.15) is 5.75 Å². The van der Waals surface area contributed by atoms with E-state index in [1.54, 1.807) is 0 Å². The smallest absolute Gasteiger partial charge is 0.406 e. The van der Waals surface area contributed by atoms with Crippen LogP contribution < -0.4 is 15.6 Å². The van der Waals surface area contributed by atoms with E-state index in [0.29, 0.717) is 16.5 Å². The first-order valence-corrected chi connectivity index (χ1v) is 8.61. The van der Waals surface area contributed by atoms with Crippen molar-refractivity contribution in [3.05, 3.63) is 52.4 Å². The van der Waals surface area contributed by atoms with Crippen molar-refractivity contribution in [2.45, 2.75) is 24.6 Å². The van der Waals surface area contributed by atoms with E-state index in [0.717, 1.165) is 0 Å². The van der Waals surface area contributed by atoms with E-state index in [1.165, 1.54) is 52.9 Å². The fraction of sp³-hybridized carbons (Fsp3) is 0.312. The number of ether oxygens (including phenoxy) is 1. The molecule has 10 heteroatoms. The Balaban J connectivity index is 1.56. The van der Waals surface area contributed by atoms with E-state index in [-0.39, 0.29) is 36.2 Å². The molecule has 1 amide bonds. The lowest BCUT2D eigenvalue weighted by atomic mass is 10.1. The third-order valence-electron chi connectivity index (χ3n) is 3.71. The van der Waals surface area contributed by atoms with Gasteiger partial charge in [0.05, 0.1) is 5.92 Å². The number of carbonyl (C=O) groups excluding carboxylic acids is 1. The number of halogens is 3. The van der Waals surface area contributed by atoms with Gasteiger partial charge < -0.3 is 10.1 Å². The lowest BCUT2D eigenvalue weighted by molar-refractivity contribution is -0.274. The number of fused-ring (bicyclic) bond motifs is 1. The molecule has 1 atom stereocenters. The van der Waals surface area contributed by atoms with Crippen LogP contribution in [0, 0.1) is 5.92 Å². The third kappa shape index (κ3) is 4.57. The molecule has 0 saturated carbocycles. The van der Waals surface area contributed by atoms with Crippen LogP contribution in [0.2, 0.25) is 0 Å². The summed E-state index contributed by atoms with van der Waals surface area (Å²) in [5, 5.41) is 3.32. The van der Waals surface area contributed by atoms with Crippen molar-refractivity contribution in [3.63, 3.8) is 0 Å². The van der Waals surface area contributed by atoms with Gasteiger partial charge in [0, 0.05) is 31.1 Å². The highest BCUT2D eigenvalue weighted by atomic mass is 32.2. The first kappa shape index (κ1) is 18.3. The van der Waals surface area contributed by atoms with E-state index < -0.39 is 6.36 Å². The number of nitrogens with zero attached hydrogens (tertiary/aromatic N) is 2. The summed E-state index contributed by atoms with van der Waals surface area (Å²) in [6, 6.07) is 6.61. The van der Waals surface area contributed by atoms with Gasteiger partial charge in [-0.25, -0.2) is 4.98 Å². The van der Waals surface area contributed by atoms with E-state index in [9.17, 15) is 22.8 Å². The van der Waals surface area contributed by atoms with Crippen LogP contribution >= 0.6 is 11.8 Å². The lowest BCUT2D eigenvalue weighted by Crippen LogP contribution is -2.39. The zero-order valence-electron chi connectivity index (χ0n) is 13.3. The van der Waals surface area contributed by atoms with Crippen LogP contribution in [0.4, 0.5) is 13.2 Å². The van der Waals surface area contributed by atoms with Gasteiger partial charge in [0.25, 0.3) is 5.56 Å². The quantitative estimate of drug-likeness (QED) is 0.817. The normalized spacial score (nSPS) is 16.7. The number of amides is 1. The van der Waals surface area contributed by atoms with Crippen LogP contribution in [0.5, 0.6) is 5.75 Å². The van der Waals surface area contributed by atoms with Gasteiger partial charge in [-0.3, -0.25) is 14.2 Å². The summed E-state index contributed by atoms with van der Waals surface area (Å²) in [5.74, 6) is -0.433. The Hall–Kier alpha value is -2.49. The Kier molecular flexibility index (Phi) is 5.21. The molecule has 0 fully saturated rings. The molecule has 6 nitrogen and oxygen atoms in total. The number of hydrogen-bond acceptors (Lipinski definition) is 5. The first-order chi connectivity index (χ1) is 12.3. The van der Waals surface area contributed by atoms with Crippen molar-refractivity contribution >= 4 is 17.7 Å². The Morgan fingerprint density at radius 1 is 1.31 bits per heavy atom. The maximum atomic E-state index is 12.3. The number of alkyl halides is 3. The molecule has 0 radical (unpaired) electrons. The lowest BCUT2D eigenvalue weighted by Gasteiger charge is -2.23. The van der Waals surface area contributed by atoms with Crippen molar-refractivity contribution in [2.24, 2.45) is 5.92 Å². The van der Waals surface area contributed by atoms with E-state index in [4.69, 9.17) is 0 Å². The second kappa shape index (κ2) is 7.40. The Labute approximate surface area is 150 Å². The number of benzene rings is 1. The highest BCUT2D eigenvalue weighted by Gasteiger charge is 2.31. The number of rotatable bonds is 4. The molecule has 0 saturated heterocycles. The minimum atomic E-state index is -4.74. The largest absolute Gasteiger partial charge is 0.573 e. The molecule has 0 bridgehead atoms. The summed E-state index contributed by atoms with van der Waals surface area (Å²) in [7, 11) is 0. The SMILES string of the molecule is O=C(NCc1ccc(OC(F)(F)F)cc1)[C@H]1CSc2nccc(=O)n2C1. The van der Waals surface area contributed by atoms with Crippen molar-refractivity contribution in [3.8, 4) is 5.75 Å². The predicted octanol–water partition coefficient (Wildman–Crippen LogP) is 2.18. The number of nitrogens with one attached hydrogen (secondary N) is 1. The molecule has 138 valence electrons. The predicted molar refractivity (Wildman–Crippen MR) is 87.7 cm³/mol. The Bertz CT molecular complexity index is 852. The van der Waals surface area contributed by atoms with Gasteiger partial charge in [-0.05, 0) is 17.7 Å². The van der Waals surface area contributed by atoms with Crippen molar-refractivity contribution in [1.82, 2.24) is 14.9 Å². The summed E-state index contributed by atoms with van der Waals surface area (Å²) < 4.78 is 41.6. The minimum absolute atomic E-state index is 0.168. The highest BCUT2D eigenvalue weighted by molar-refractivity contribution is 7.99. The molecule has 1 aliphatic rings. The molecule has 0 spiro atoms. The van der Waals surface area contributed by atoms with Crippen molar-refractivity contribution in [2.75, 3.05) is 5.75 Å². The summed E-state index contributed by atoms with van der Waals surface area (Å²) in [6.07, 6.45) is -3.30. The van der Waals surface area contributed by atoms with Crippen molar-refractivity contribution < 1.29 is 22.7 Å². The zero-order valence-corrected chi connectivity index (χ0v) is 14.1. The molecule has 0 unspecified atom stereocenters. The molecule has 1 aliphatic heterocycles. The van der Waals surface area contributed by atoms with Gasteiger partial charge in [-0.15, -0.1) is 13.2 Å². The van der Waals surface area contributed by atoms with Crippen LogP contribution in [-0.4, -0.2) is 27.6 Å². The summed E-state index contributed by atoms with van der Waals surface area (Å²) >= 11 is 1.34. The molecular weight excluding hydrogens is 371 g/mol. The fourth-order valence-electron chi connectivity index (χ4n) is 2.45. The highest BCUT2D eigenvalue weighted by Crippen LogP contribution is 2.25. The number of carbonyl (C=O) groups is 1. The second-order valence-electron chi connectivity index (χ2n) is 5.59. The van der Waals surface area contributed by atoms with E-state index in [2.05, 4.69) is 15.0 Å². The monoisotopic (exact) mass is 385 g/mol. The molecule has 2 heterocycles. The molecule has 1 aromatic carbocycles. The van der Waals surface area contributed by atoms with Crippen molar-refractivity contribution in [1.29, 1.82) is 0 Å². The van der Waals surface area contributed by atoms with Gasteiger partial charge in [0.15, 0.2) is 5.16 Å². The van der Waals surface area contributed by atoms with Gasteiger partial charge >= 0.3 is 6.36 Å². The van der Waals surface area contributed by atoms with Crippen LogP contribution in [-0.2, 0) is 17.9 Å². The molecule has 1 N–H and O–H groups in total. The topological polar surface area (TPSA) is 73.2 Å². The van der Waals surface area contributed by atoms with Crippen LogP contribution in [0.3, 0.4) is 0 Å². The van der Waals surface area contributed by atoms with Crippen LogP contribution in [0.25, 0.3) is 0 Å². The Morgan fingerprint density at radius 3 is 2.73 bits per heavy atom. The van der Waals surface area contributed by atoms with Gasteiger partial charge in [-0.2, -0.15) is 0 Å². The van der Waals surface area contributed by atoms with Crippen LogP contribution in [0.1, 0.15) is 5.56 Å². The zero-order chi connectivity index (χ0) is 18.7. The maximum absolute atomic E-state index is 12.3. The number of hydrogen-bond donors (Lipinski definition) is 1. The molecule has 1 aromatic heterocycles. The molecule has 2 aromatic rings. The summed E-state index contributed by atoms with van der Waals surface area (Å²) in [5.41, 5.74) is 0.427. The molecule has 26 heavy (non-hydrogen) atoms. The van der Waals surface area contributed by atoms with E-state index >= 15 is 0 Å². The maximum Gasteiger partial charge on any atom is 0.573 e. The second-order valence-corrected chi connectivity index (χ2v) is 6.58. The molecular formula is C16H14F3N3O3S. The van der Waals surface area contributed by atoms with Crippen LogP contribution in [0.15, 0.2) is 46.5 Å². The minimum Gasteiger partial charge on any atom is -0.406 e.